The highest BCUT2D eigenvalue weighted by atomic mass is 35.5. The van der Waals surface area contributed by atoms with E-state index < -0.39 is 0 Å². The highest BCUT2D eigenvalue weighted by Crippen LogP contribution is 2.07. The van der Waals surface area contributed by atoms with Gasteiger partial charge in [-0.2, -0.15) is 0 Å². The number of carbonyl (C=O) groups excluding carboxylic acids is 1. The van der Waals surface area contributed by atoms with Crippen LogP contribution in [-0.4, -0.2) is 12.6 Å². The second kappa shape index (κ2) is 6.30. The minimum absolute atomic E-state index is 0.286. The summed E-state index contributed by atoms with van der Waals surface area (Å²) in [4.78, 5) is 11.0. The molecule has 1 rings (SSSR count). The van der Waals surface area contributed by atoms with E-state index in [0.717, 1.165) is 11.1 Å². The zero-order valence-electron chi connectivity index (χ0n) is 8.63. The van der Waals surface area contributed by atoms with E-state index >= 15 is 0 Å². The number of halogens is 1. The van der Waals surface area contributed by atoms with Crippen molar-refractivity contribution in [2.45, 2.75) is 19.4 Å². The Morgan fingerprint density at radius 3 is 2.47 bits per heavy atom. The van der Waals surface area contributed by atoms with Crippen molar-refractivity contribution in [1.82, 2.24) is 5.32 Å². The monoisotopic (exact) mass is 227 g/mol. The van der Waals surface area contributed by atoms with Crippen LogP contribution in [0.2, 0.25) is 0 Å². The quantitative estimate of drug-likeness (QED) is 0.804. The van der Waals surface area contributed by atoms with Crippen molar-refractivity contribution < 1.29 is 9.53 Å². The third kappa shape index (κ3) is 4.21. The fourth-order valence-corrected chi connectivity index (χ4v) is 1.25. The van der Waals surface area contributed by atoms with Crippen LogP contribution in [0.3, 0.4) is 0 Å². The standard InChI is InChI=1S/C11H14ClNO2/c1-2-13-11(14)15-8-10-5-3-9(7-12)4-6-10/h3-6H,2,7-8H2,1H3,(H,13,14). The fraction of sp³-hybridized carbons (Fsp3) is 0.364. The van der Waals surface area contributed by atoms with Crippen LogP contribution in [0.4, 0.5) is 4.79 Å². The van der Waals surface area contributed by atoms with E-state index in [4.69, 9.17) is 16.3 Å². The number of hydrogen-bond donors (Lipinski definition) is 1. The Balaban J connectivity index is 2.40. The van der Waals surface area contributed by atoms with Gasteiger partial charge in [0.25, 0.3) is 0 Å². The lowest BCUT2D eigenvalue weighted by Gasteiger charge is -2.05. The Kier molecular flexibility index (Phi) is 4.98. The maximum Gasteiger partial charge on any atom is 0.407 e. The first-order chi connectivity index (χ1) is 7.26. The first-order valence-electron chi connectivity index (χ1n) is 4.80. The van der Waals surface area contributed by atoms with Gasteiger partial charge in [0.05, 0.1) is 0 Å². The van der Waals surface area contributed by atoms with Crippen LogP contribution < -0.4 is 5.32 Å². The molecule has 1 N–H and O–H groups in total. The molecule has 0 bridgehead atoms. The molecule has 0 heterocycles. The number of alkyl carbamates (subject to hydrolysis) is 1. The van der Waals surface area contributed by atoms with E-state index in [9.17, 15) is 4.79 Å². The molecule has 1 aromatic rings. The van der Waals surface area contributed by atoms with Crippen LogP contribution in [0.15, 0.2) is 24.3 Å². The lowest BCUT2D eigenvalue weighted by atomic mass is 10.2. The van der Waals surface area contributed by atoms with Crippen LogP contribution >= 0.6 is 11.6 Å². The molecule has 1 aromatic carbocycles. The third-order valence-corrected chi connectivity index (χ3v) is 2.18. The lowest BCUT2D eigenvalue weighted by Crippen LogP contribution is -2.23. The lowest BCUT2D eigenvalue weighted by molar-refractivity contribution is 0.140. The van der Waals surface area contributed by atoms with Crippen molar-refractivity contribution in [3.63, 3.8) is 0 Å². The topological polar surface area (TPSA) is 38.3 Å². The summed E-state index contributed by atoms with van der Waals surface area (Å²) in [6.45, 7) is 2.70. The predicted octanol–water partition coefficient (Wildman–Crippen LogP) is 2.67. The summed E-state index contributed by atoms with van der Waals surface area (Å²) in [6.07, 6.45) is -0.390. The molecule has 1 amide bonds. The number of rotatable bonds is 4. The highest BCUT2D eigenvalue weighted by molar-refractivity contribution is 6.17. The molecule has 82 valence electrons. The van der Waals surface area contributed by atoms with E-state index in [1.165, 1.54) is 0 Å². The van der Waals surface area contributed by atoms with Gasteiger partial charge in [0, 0.05) is 12.4 Å². The van der Waals surface area contributed by atoms with Gasteiger partial charge in [-0.3, -0.25) is 0 Å². The minimum Gasteiger partial charge on any atom is -0.445 e. The van der Waals surface area contributed by atoms with Crippen LogP contribution in [0.25, 0.3) is 0 Å². The predicted molar refractivity (Wildman–Crippen MR) is 59.9 cm³/mol. The molecule has 0 aromatic heterocycles. The summed E-state index contributed by atoms with van der Waals surface area (Å²) in [7, 11) is 0. The number of carbonyl (C=O) groups is 1. The SMILES string of the molecule is CCNC(=O)OCc1ccc(CCl)cc1. The molecule has 0 aliphatic rings. The van der Waals surface area contributed by atoms with Crippen molar-refractivity contribution in [3.05, 3.63) is 35.4 Å². The maximum atomic E-state index is 11.0. The van der Waals surface area contributed by atoms with Crippen molar-refractivity contribution >= 4 is 17.7 Å². The average molecular weight is 228 g/mol. The first-order valence-corrected chi connectivity index (χ1v) is 5.34. The summed E-state index contributed by atoms with van der Waals surface area (Å²) >= 11 is 5.65. The molecule has 0 saturated carbocycles. The van der Waals surface area contributed by atoms with Gasteiger partial charge >= 0.3 is 6.09 Å². The van der Waals surface area contributed by atoms with Gasteiger partial charge in [-0.25, -0.2) is 4.79 Å². The molecule has 4 heteroatoms. The van der Waals surface area contributed by atoms with Gasteiger partial charge in [0.1, 0.15) is 6.61 Å². The van der Waals surface area contributed by atoms with E-state index in [1.54, 1.807) is 0 Å². The Bertz CT molecular complexity index is 311. The molecule has 0 aliphatic carbocycles. The van der Waals surface area contributed by atoms with Crippen molar-refractivity contribution in [3.8, 4) is 0 Å². The Labute approximate surface area is 94.4 Å². The molecule has 0 radical (unpaired) electrons. The number of amides is 1. The second-order valence-electron chi connectivity index (χ2n) is 3.06. The second-order valence-corrected chi connectivity index (χ2v) is 3.32. The van der Waals surface area contributed by atoms with E-state index in [2.05, 4.69) is 5.32 Å². The number of nitrogens with one attached hydrogen (secondary N) is 1. The zero-order valence-corrected chi connectivity index (χ0v) is 9.38. The largest absolute Gasteiger partial charge is 0.445 e. The molecule has 0 aliphatic heterocycles. The number of alkyl halides is 1. The van der Waals surface area contributed by atoms with Crippen LogP contribution in [0.5, 0.6) is 0 Å². The van der Waals surface area contributed by atoms with Crippen LogP contribution in [0.1, 0.15) is 18.1 Å². The molecule has 0 atom stereocenters. The van der Waals surface area contributed by atoms with Gasteiger partial charge in [-0.05, 0) is 18.1 Å². The number of hydrogen-bond acceptors (Lipinski definition) is 2. The molecule has 0 saturated heterocycles. The summed E-state index contributed by atoms with van der Waals surface area (Å²) in [5.41, 5.74) is 2.01. The zero-order chi connectivity index (χ0) is 11.1. The van der Waals surface area contributed by atoms with Gasteiger partial charge in [0.15, 0.2) is 0 Å². The minimum atomic E-state index is -0.390. The highest BCUT2D eigenvalue weighted by Gasteiger charge is 2.00. The molecule has 3 nitrogen and oxygen atoms in total. The average Bonchev–Trinajstić information content (AvgIpc) is 2.27. The molecule has 0 fully saturated rings. The normalized spacial score (nSPS) is 9.73. The molecular formula is C11H14ClNO2. The first kappa shape index (κ1) is 11.9. The van der Waals surface area contributed by atoms with E-state index in [0.29, 0.717) is 12.4 Å². The Morgan fingerprint density at radius 1 is 1.33 bits per heavy atom. The maximum absolute atomic E-state index is 11.0. The molecule has 0 spiro atoms. The summed E-state index contributed by atoms with van der Waals surface area (Å²) < 4.78 is 4.96. The van der Waals surface area contributed by atoms with E-state index in [1.807, 2.05) is 31.2 Å². The molecule has 15 heavy (non-hydrogen) atoms. The molecular weight excluding hydrogens is 214 g/mol. The summed E-state index contributed by atoms with van der Waals surface area (Å²) in [5, 5.41) is 2.56. The fourth-order valence-electron chi connectivity index (χ4n) is 1.07. The van der Waals surface area contributed by atoms with Crippen molar-refractivity contribution in [2.75, 3.05) is 6.54 Å². The summed E-state index contributed by atoms with van der Waals surface area (Å²) in [6, 6.07) is 7.64. The van der Waals surface area contributed by atoms with Crippen molar-refractivity contribution in [1.29, 1.82) is 0 Å². The number of benzene rings is 1. The molecule has 0 unspecified atom stereocenters. The van der Waals surface area contributed by atoms with Gasteiger partial charge < -0.3 is 10.1 Å². The van der Waals surface area contributed by atoms with Gasteiger partial charge in [0.2, 0.25) is 0 Å². The van der Waals surface area contributed by atoms with Crippen LogP contribution in [0, 0.1) is 0 Å². The number of ether oxygens (including phenoxy) is 1. The van der Waals surface area contributed by atoms with Crippen molar-refractivity contribution in [2.24, 2.45) is 0 Å². The Morgan fingerprint density at radius 2 is 1.93 bits per heavy atom. The Hall–Kier alpha value is -1.22. The van der Waals surface area contributed by atoms with Gasteiger partial charge in [-0.1, -0.05) is 24.3 Å². The van der Waals surface area contributed by atoms with Crippen LogP contribution in [-0.2, 0) is 17.2 Å². The van der Waals surface area contributed by atoms with Gasteiger partial charge in [-0.15, -0.1) is 11.6 Å². The van der Waals surface area contributed by atoms with E-state index in [-0.39, 0.29) is 12.7 Å². The smallest absolute Gasteiger partial charge is 0.407 e. The summed E-state index contributed by atoms with van der Waals surface area (Å²) in [5.74, 6) is 0.497. The third-order valence-electron chi connectivity index (χ3n) is 1.87.